The van der Waals surface area contributed by atoms with Crippen molar-refractivity contribution in [1.29, 1.82) is 0 Å². The lowest BCUT2D eigenvalue weighted by atomic mass is 9.87. The van der Waals surface area contributed by atoms with Crippen molar-refractivity contribution in [1.82, 2.24) is 10.2 Å². The number of amides is 1. The van der Waals surface area contributed by atoms with Gasteiger partial charge in [-0.2, -0.15) is 0 Å². The van der Waals surface area contributed by atoms with Crippen LogP contribution in [0.3, 0.4) is 0 Å². The van der Waals surface area contributed by atoms with Gasteiger partial charge < -0.3 is 10.4 Å². The molecule has 1 saturated heterocycles. The first-order valence-electron chi connectivity index (χ1n) is 5.92. The van der Waals surface area contributed by atoms with Crippen molar-refractivity contribution in [3.63, 3.8) is 0 Å². The Balaban J connectivity index is 1.77. The number of carbonyl (C=O) groups is 1. The van der Waals surface area contributed by atoms with Crippen LogP contribution in [0.15, 0.2) is 12.7 Å². The predicted octanol–water partition coefficient (Wildman–Crippen LogP) is 0.134. The predicted molar refractivity (Wildman–Crippen MR) is 61.9 cm³/mol. The third-order valence-electron chi connectivity index (χ3n) is 3.64. The van der Waals surface area contributed by atoms with E-state index in [9.17, 15) is 9.90 Å². The van der Waals surface area contributed by atoms with Gasteiger partial charge in [0.05, 0.1) is 11.6 Å². The van der Waals surface area contributed by atoms with Crippen LogP contribution in [-0.2, 0) is 4.79 Å². The Kier molecular flexibility index (Phi) is 3.04. The van der Waals surface area contributed by atoms with E-state index in [2.05, 4.69) is 11.9 Å². The highest BCUT2D eigenvalue weighted by Crippen LogP contribution is 2.44. The van der Waals surface area contributed by atoms with Crippen molar-refractivity contribution in [3.8, 4) is 0 Å². The Morgan fingerprint density at radius 2 is 2.31 bits per heavy atom. The summed E-state index contributed by atoms with van der Waals surface area (Å²) in [6, 6.07) is -0.154. The number of carbonyl (C=O) groups excluding carboxylic acids is 1. The van der Waals surface area contributed by atoms with Crippen molar-refractivity contribution in [2.75, 3.05) is 19.6 Å². The zero-order chi connectivity index (χ0) is 11.8. The van der Waals surface area contributed by atoms with Crippen LogP contribution < -0.4 is 5.32 Å². The molecule has 2 N–H and O–H groups in total. The van der Waals surface area contributed by atoms with E-state index in [1.54, 1.807) is 6.08 Å². The van der Waals surface area contributed by atoms with E-state index in [-0.39, 0.29) is 11.9 Å². The lowest BCUT2D eigenvalue weighted by Gasteiger charge is -2.49. The first kappa shape index (κ1) is 11.6. The number of aliphatic hydroxyl groups is 1. The topological polar surface area (TPSA) is 52.6 Å². The van der Waals surface area contributed by atoms with Gasteiger partial charge in [-0.15, -0.1) is 6.58 Å². The molecule has 2 fully saturated rings. The number of rotatable bonds is 5. The van der Waals surface area contributed by atoms with Gasteiger partial charge in [0.15, 0.2) is 0 Å². The Hall–Kier alpha value is -0.870. The second-order valence-electron chi connectivity index (χ2n) is 4.99. The molecule has 2 rings (SSSR count). The molecule has 1 aliphatic heterocycles. The largest absolute Gasteiger partial charge is 0.387 e. The van der Waals surface area contributed by atoms with E-state index in [4.69, 9.17) is 0 Å². The van der Waals surface area contributed by atoms with Crippen molar-refractivity contribution >= 4 is 5.91 Å². The molecule has 0 aromatic carbocycles. The maximum atomic E-state index is 11.7. The van der Waals surface area contributed by atoms with Crippen molar-refractivity contribution in [3.05, 3.63) is 12.7 Å². The summed E-state index contributed by atoms with van der Waals surface area (Å²) in [7, 11) is 0. The van der Waals surface area contributed by atoms with Crippen LogP contribution >= 0.6 is 0 Å². The highest BCUT2D eigenvalue weighted by Gasteiger charge is 2.53. The fraction of sp³-hybridized carbons (Fsp3) is 0.750. The van der Waals surface area contributed by atoms with Crippen molar-refractivity contribution in [2.24, 2.45) is 5.92 Å². The molecular formula is C12H20N2O2. The third-order valence-corrected chi connectivity index (χ3v) is 3.64. The third kappa shape index (κ3) is 2.13. The monoisotopic (exact) mass is 224 g/mol. The van der Waals surface area contributed by atoms with Gasteiger partial charge in [-0.25, -0.2) is 0 Å². The smallest absolute Gasteiger partial charge is 0.237 e. The lowest BCUT2D eigenvalue weighted by molar-refractivity contribution is -0.147. The molecule has 0 aromatic heterocycles. The van der Waals surface area contributed by atoms with Crippen LogP contribution in [-0.4, -0.2) is 47.2 Å². The normalized spacial score (nSPS) is 25.6. The van der Waals surface area contributed by atoms with Crippen LogP contribution in [0.5, 0.6) is 0 Å². The molecule has 1 saturated carbocycles. The summed E-state index contributed by atoms with van der Waals surface area (Å²) in [5.74, 6) is 0.491. The second kappa shape index (κ2) is 4.18. The zero-order valence-corrected chi connectivity index (χ0v) is 9.78. The molecule has 0 aromatic rings. The number of likely N-dealkylation sites (tertiary alicyclic amines) is 1. The van der Waals surface area contributed by atoms with E-state index in [0.717, 1.165) is 12.8 Å². The summed E-state index contributed by atoms with van der Waals surface area (Å²) >= 11 is 0. The van der Waals surface area contributed by atoms with Crippen LogP contribution in [0.1, 0.15) is 19.8 Å². The summed E-state index contributed by atoms with van der Waals surface area (Å²) in [5, 5.41) is 12.9. The first-order chi connectivity index (χ1) is 7.57. The van der Waals surface area contributed by atoms with Gasteiger partial charge in [-0.3, -0.25) is 9.69 Å². The Labute approximate surface area is 96.3 Å². The molecule has 90 valence electrons. The van der Waals surface area contributed by atoms with Gasteiger partial charge in [0, 0.05) is 19.6 Å². The number of β-amino-alcohol motifs (C(OH)–C–C–N with tert-alkyl or cyclic N) is 1. The van der Waals surface area contributed by atoms with E-state index in [1.165, 1.54) is 0 Å². The Morgan fingerprint density at radius 3 is 2.81 bits per heavy atom. The van der Waals surface area contributed by atoms with Crippen LogP contribution in [0.2, 0.25) is 0 Å². The summed E-state index contributed by atoms with van der Waals surface area (Å²) in [6.45, 7) is 7.22. The van der Waals surface area contributed by atoms with Gasteiger partial charge in [0.2, 0.25) is 5.91 Å². The van der Waals surface area contributed by atoms with E-state index >= 15 is 0 Å². The molecule has 1 unspecified atom stereocenters. The fourth-order valence-electron chi connectivity index (χ4n) is 2.30. The lowest BCUT2D eigenvalue weighted by Crippen LogP contribution is -2.67. The average Bonchev–Trinajstić information content (AvgIpc) is 3.04. The van der Waals surface area contributed by atoms with Gasteiger partial charge in [0.25, 0.3) is 0 Å². The molecule has 4 heteroatoms. The standard InChI is InChI=1S/C12H20N2O2/c1-3-6-13-11(15)9(2)14-7-12(16,8-14)10-4-5-10/h3,9-10,16H,1,4-8H2,2H3,(H,13,15). The zero-order valence-electron chi connectivity index (χ0n) is 9.78. The summed E-state index contributed by atoms with van der Waals surface area (Å²) < 4.78 is 0. The highest BCUT2D eigenvalue weighted by atomic mass is 16.3. The van der Waals surface area contributed by atoms with Gasteiger partial charge in [0.1, 0.15) is 0 Å². The Bertz CT molecular complexity index is 293. The molecule has 1 atom stereocenters. The molecule has 4 nitrogen and oxygen atoms in total. The molecule has 1 amide bonds. The van der Waals surface area contributed by atoms with Gasteiger partial charge >= 0.3 is 0 Å². The molecule has 0 radical (unpaired) electrons. The minimum atomic E-state index is -0.507. The summed E-state index contributed by atoms with van der Waals surface area (Å²) in [6.07, 6.45) is 3.95. The molecule has 16 heavy (non-hydrogen) atoms. The van der Waals surface area contributed by atoms with E-state index in [0.29, 0.717) is 25.6 Å². The molecule has 0 bridgehead atoms. The number of nitrogens with one attached hydrogen (secondary N) is 1. The van der Waals surface area contributed by atoms with Crippen LogP contribution in [0.25, 0.3) is 0 Å². The van der Waals surface area contributed by atoms with Crippen molar-refractivity contribution < 1.29 is 9.90 Å². The first-order valence-corrected chi connectivity index (χ1v) is 5.92. The fourth-order valence-corrected chi connectivity index (χ4v) is 2.30. The summed E-state index contributed by atoms with van der Waals surface area (Å²) in [5.41, 5.74) is -0.507. The van der Waals surface area contributed by atoms with Crippen LogP contribution in [0.4, 0.5) is 0 Å². The highest BCUT2D eigenvalue weighted by molar-refractivity contribution is 5.81. The quantitative estimate of drug-likeness (QED) is 0.653. The Morgan fingerprint density at radius 1 is 1.69 bits per heavy atom. The number of hydrogen-bond donors (Lipinski definition) is 2. The molecule has 1 aliphatic carbocycles. The average molecular weight is 224 g/mol. The second-order valence-corrected chi connectivity index (χ2v) is 4.99. The maximum absolute atomic E-state index is 11.7. The SMILES string of the molecule is C=CCNC(=O)C(C)N1CC(O)(C2CC2)C1. The minimum absolute atomic E-state index is 0.0118. The molecule has 1 heterocycles. The maximum Gasteiger partial charge on any atom is 0.237 e. The summed E-state index contributed by atoms with van der Waals surface area (Å²) in [4.78, 5) is 13.7. The number of hydrogen-bond acceptors (Lipinski definition) is 3. The van der Waals surface area contributed by atoms with E-state index in [1.807, 2.05) is 11.8 Å². The van der Waals surface area contributed by atoms with Crippen LogP contribution in [0, 0.1) is 5.92 Å². The van der Waals surface area contributed by atoms with E-state index < -0.39 is 5.60 Å². The molecule has 2 aliphatic rings. The molecule has 0 spiro atoms. The minimum Gasteiger partial charge on any atom is -0.387 e. The number of nitrogens with zero attached hydrogens (tertiary/aromatic N) is 1. The van der Waals surface area contributed by atoms with Crippen molar-refractivity contribution in [2.45, 2.75) is 31.4 Å². The molecular weight excluding hydrogens is 204 g/mol. The van der Waals surface area contributed by atoms with Gasteiger partial charge in [-0.1, -0.05) is 6.08 Å². The van der Waals surface area contributed by atoms with Gasteiger partial charge in [-0.05, 0) is 25.7 Å².